The highest BCUT2D eigenvalue weighted by atomic mass is 35.5. The molecule has 0 saturated carbocycles. The maximum Gasteiger partial charge on any atom is 0.240 e. The van der Waals surface area contributed by atoms with Gasteiger partial charge in [0.25, 0.3) is 0 Å². The molecule has 0 radical (unpaired) electrons. The molecule has 3 rings (SSSR count). The number of sulfonamides is 1. The zero-order valence-electron chi connectivity index (χ0n) is 15.2. The fourth-order valence-electron chi connectivity index (χ4n) is 3.26. The van der Waals surface area contributed by atoms with E-state index in [0.29, 0.717) is 19.7 Å². The lowest BCUT2D eigenvalue weighted by Crippen LogP contribution is -2.46. The average molecular weight is 431 g/mol. The van der Waals surface area contributed by atoms with Gasteiger partial charge in [-0.25, -0.2) is 21.9 Å². The standard InChI is InChI=1S/C19H21ClF2N2O3S/c1-13-12-24(9-10-27-13)18(19-16(20)3-2-4-17(19)22)11-23-28(25,26)15-7-5-14(21)6-8-15/h2-8,13,18,23H,9-12H2,1H3/t13-,18+/m0/s1. The Morgan fingerprint density at radius 2 is 1.96 bits per heavy atom. The second-order valence-electron chi connectivity index (χ2n) is 6.63. The molecule has 1 aliphatic rings. The molecule has 0 aromatic heterocycles. The highest BCUT2D eigenvalue weighted by molar-refractivity contribution is 7.89. The first-order valence-electron chi connectivity index (χ1n) is 8.83. The van der Waals surface area contributed by atoms with Gasteiger partial charge in [0.05, 0.1) is 23.6 Å². The normalized spacial score (nSPS) is 19.5. The zero-order valence-corrected chi connectivity index (χ0v) is 16.8. The molecule has 2 atom stereocenters. The highest BCUT2D eigenvalue weighted by Gasteiger charge is 2.30. The van der Waals surface area contributed by atoms with Crippen LogP contribution in [0.5, 0.6) is 0 Å². The van der Waals surface area contributed by atoms with Crippen molar-refractivity contribution in [2.24, 2.45) is 0 Å². The Labute approximate surface area is 168 Å². The van der Waals surface area contributed by atoms with Crippen LogP contribution in [0.4, 0.5) is 8.78 Å². The minimum absolute atomic E-state index is 0.0670. The number of hydrogen-bond donors (Lipinski definition) is 1. The summed E-state index contributed by atoms with van der Waals surface area (Å²) in [6.07, 6.45) is -0.0736. The second-order valence-corrected chi connectivity index (χ2v) is 8.81. The van der Waals surface area contributed by atoms with Crippen molar-refractivity contribution in [2.45, 2.75) is 24.0 Å². The Hall–Kier alpha value is -1.58. The molecule has 1 fully saturated rings. The first-order chi connectivity index (χ1) is 13.3. The van der Waals surface area contributed by atoms with Crippen molar-refractivity contribution in [2.75, 3.05) is 26.2 Å². The molecule has 152 valence electrons. The summed E-state index contributed by atoms with van der Waals surface area (Å²) < 4.78 is 60.9. The van der Waals surface area contributed by atoms with E-state index in [1.54, 1.807) is 6.07 Å². The summed E-state index contributed by atoms with van der Waals surface area (Å²) in [6, 6.07) is 8.27. The van der Waals surface area contributed by atoms with Gasteiger partial charge in [-0.15, -0.1) is 0 Å². The Morgan fingerprint density at radius 1 is 1.25 bits per heavy atom. The topological polar surface area (TPSA) is 58.6 Å². The van der Waals surface area contributed by atoms with Crippen LogP contribution in [0.3, 0.4) is 0 Å². The lowest BCUT2D eigenvalue weighted by atomic mass is 10.0. The van der Waals surface area contributed by atoms with E-state index in [0.717, 1.165) is 12.1 Å². The van der Waals surface area contributed by atoms with E-state index in [1.807, 2.05) is 11.8 Å². The van der Waals surface area contributed by atoms with Crippen LogP contribution < -0.4 is 4.72 Å². The van der Waals surface area contributed by atoms with Gasteiger partial charge in [0, 0.05) is 30.2 Å². The Kier molecular flexibility index (Phi) is 6.67. The lowest BCUT2D eigenvalue weighted by Gasteiger charge is -2.38. The maximum atomic E-state index is 14.6. The van der Waals surface area contributed by atoms with Crippen LogP contribution in [0.2, 0.25) is 5.02 Å². The Balaban J connectivity index is 1.88. The van der Waals surface area contributed by atoms with Gasteiger partial charge < -0.3 is 4.74 Å². The number of morpholine rings is 1. The molecule has 1 saturated heterocycles. The van der Waals surface area contributed by atoms with E-state index >= 15 is 0 Å². The third-order valence-electron chi connectivity index (χ3n) is 4.64. The summed E-state index contributed by atoms with van der Waals surface area (Å²) in [6.45, 7) is 3.28. The molecule has 9 heteroatoms. The van der Waals surface area contributed by atoms with Crippen molar-refractivity contribution in [3.05, 3.63) is 64.7 Å². The van der Waals surface area contributed by atoms with Crippen LogP contribution in [-0.4, -0.2) is 45.7 Å². The van der Waals surface area contributed by atoms with E-state index in [2.05, 4.69) is 4.72 Å². The minimum Gasteiger partial charge on any atom is -0.376 e. The second kappa shape index (κ2) is 8.84. The van der Waals surface area contributed by atoms with Gasteiger partial charge in [-0.3, -0.25) is 4.90 Å². The van der Waals surface area contributed by atoms with Crippen molar-refractivity contribution < 1.29 is 21.9 Å². The number of benzene rings is 2. The van der Waals surface area contributed by atoms with Gasteiger partial charge in [0.1, 0.15) is 11.6 Å². The summed E-state index contributed by atoms with van der Waals surface area (Å²) in [7, 11) is -3.90. The van der Waals surface area contributed by atoms with Crippen LogP contribution in [0.1, 0.15) is 18.5 Å². The average Bonchev–Trinajstić information content (AvgIpc) is 2.64. The Morgan fingerprint density at radius 3 is 2.61 bits per heavy atom. The van der Waals surface area contributed by atoms with E-state index in [9.17, 15) is 17.2 Å². The van der Waals surface area contributed by atoms with E-state index in [4.69, 9.17) is 16.3 Å². The molecular formula is C19H21ClF2N2O3S. The van der Waals surface area contributed by atoms with Crippen molar-refractivity contribution in [3.63, 3.8) is 0 Å². The molecule has 1 N–H and O–H groups in total. The van der Waals surface area contributed by atoms with Crippen LogP contribution in [0, 0.1) is 11.6 Å². The van der Waals surface area contributed by atoms with Gasteiger partial charge >= 0.3 is 0 Å². The number of hydrogen-bond acceptors (Lipinski definition) is 4. The number of nitrogens with one attached hydrogen (secondary N) is 1. The molecule has 5 nitrogen and oxygen atoms in total. The Bertz CT molecular complexity index is 905. The smallest absolute Gasteiger partial charge is 0.240 e. The van der Waals surface area contributed by atoms with E-state index in [1.165, 1.54) is 24.3 Å². The summed E-state index contributed by atoms with van der Waals surface area (Å²) >= 11 is 6.25. The SMILES string of the molecule is C[C@H]1CN([C@H](CNS(=O)(=O)c2ccc(F)cc2)c2c(F)cccc2Cl)CCO1. The summed E-state index contributed by atoms with van der Waals surface area (Å²) in [5.41, 5.74) is 0.236. The van der Waals surface area contributed by atoms with Crippen LogP contribution >= 0.6 is 11.6 Å². The number of rotatable bonds is 6. The molecule has 2 aromatic rings. The van der Waals surface area contributed by atoms with Crippen molar-refractivity contribution in [1.29, 1.82) is 0 Å². The summed E-state index contributed by atoms with van der Waals surface area (Å²) in [4.78, 5) is 1.88. The van der Waals surface area contributed by atoms with Gasteiger partial charge in [0.2, 0.25) is 10.0 Å². The number of nitrogens with zero attached hydrogens (tertiary/aromatic N) is 1. The molecule has 1 heterocycles. The quantitative estimate of drug-likeness (QED) is 0.763. The van der Waals surface area contributed by atoms with Gasteiger partial charge in [-0.05, 0) is 43.3 Å². The fourth-order valence-corrected chi connectivity index (χ4v) is 4.58. The van der Waals surface area contributed by atoms with Gasteiger partial charge in [-0.1, -0.05) is 17.7 Å². The molecule has 0 aliphatic carbocycles. The third-order valence-corrected chi connectivity index (χ3v) is 6.41. The zero-order chi connectivity index (χ0) is 20.3. The van der Waals surface area contributed by atoms with Crippen molar-refractivity contribution >= 4 is 21.6 Å². The maximum absolute atomic E-state index is 14.6. The molecular weight excluding hydrogens is 410 g/mol. The highest BCUT2D eigenvalue weighted by Crippen LogP contribution is 2.31. The number of halogens is 3. The molecule has 1 aliphatic heterocycles. The molecule has 0 bridgehead atoms. The monoisotopic (exact) mass is 430 g/mol. The largest absolute Gasteiger partial charge is 0.376 e. The first-order valence-corrected chi connectivity index (χ1v) is 10.7. The molecule has 28 heavy (non-hydrogen) atoms. The van der Waals surface area contributed by atoms with Crippen molar-refractivity contribution in [1.82, 2.24) is 9.62 Å². The van der Waals surface area contributed by atoms with Crippen molar-refractivity contribution in [3.8, 4) is 0 Å². The summed E-state index contributed by atoms with van der Waals surface area (Å²) in [5.74, 6) is -1.03. The fraction of sp³-hybridized carbons (Fsp3) is 0.368. The van der Waals surface area contributed by atoms with Crippen LogP contribution in [-0.2, 0) is 14.8 Å². The predicted molar refractivity (Wildman–Crippen MR) is 103 cm³/mol. The van der Waals surface area contributed by atoms with Gasteiger partial charge in [0.15, 0.2) is 0 Å². The van der Waals surface area contributed by atoms with Crippen LogP contribution in [0.15, 0.2) is 47.4 Å². The molecule has 0 amide bonds. The van der Waals surface area contributed by atoms with Gasteiger partial charge in [-0.2, -0.15) is 0 Å². The van der Waals surface area contributed by atoms with E-state index in [-0.39, 0.29) is 28.1 Å². The minimum atomic E-state index is -3.90. The lowest BCUT2D eigenvalue weighted by molar-refractivity contribution is -0.0342. The third kappa shape index (κ3) is 4.87. The van der Waals surface area contributed by atoms with Crippen LogP contribution in [0.25, 0.3) is 0 Å². The molecule has 2 aromatic carbocycles. The molecule has 0 unspecified atom stereocenters. The predicted octanol–water partition coefficient (Wildman–Crippen LogP) is 3.36. The van der Waals surface area contributed by atoms with E-state index < -0.39 is 27.7 Å². The number of ether oxygens (including phenoxy) is 1. The first kappa shape index (κ1) is 21.1. The summed E-state index contributed by atoms with van der Waals surface area (Å²) in [5, 5.41) is 0.227. The molecule has 0 spiro atoms.